The fourth-order valence-corrected chi connectivity index (χ4v) is 7.55. The molecule has 3 aliphatic heterocycles. The molecule has 18 heteroatoms. The maximum Gasteiger partial charge on any atom is 0.416 e. The zero-order valence-corrected chi connectivity index (χ0v) is 29.2. The van der Waals surface area contributed by atoms with E-state index in [2.05, 4.69) is 20.4 Å². The molecule has 0 unspecified atom stereocenters. The minimum absolute atomic E-state index is 0.00301. The van der Waals surface area contributed by atoms with Gasteiger partial charge in [0.15, 0.2) is 11.5 Å². The molecule has 3 aromatic heterocycles. The number of carbonyl (C=O) groups excluding carboxylic acids is 2. The summed E-state index contributed by atoms with van der Waals surface area (Å²) >= 11 is 6.14. The molecule has 0 aliphatic carbocycles. The molecule has 0 bridgehead atoms. The van der Waals surface area contributed by atoms with Gasteiger partial charge in [-0.2, -0.15) is 22.7 Å². The number of aliphatic hydroxyl groups is 1. The molecule has 5 aromatic rings. The topological polar surface area (TPSA) is 173 Å². The van der Waals surface area contributed by atoms with Gasteiger partial charge in [-0.3, -0.25) is 14.4 Å². The van der Waals surface area contributed by atoms with E-state index in [1.54, 1.807) is 31.2 Å². The highest BCUT2D eigenvalue weighted by molar-refractivity contribution is 6.33. The molecular weight excluding hydrogens is 735 g/mol. The molecule has 2 aromatic carbocycles. The monoisotopic (exact) mass is 765 g/mol. The highest BCUT2D eigenvalue weighted by atomic mass is 35.5. The molecule has 1 atom stereocenters. The summed E-state index contributed by atoms with van der Waals surface area (Å²) in [5, 5.41) is 27.7. The van der Waals surface area contributed by atoms with E-state index in [1.807, 2.05) is 0 Å². The Kier molecular flexibility index (Phi) is 8.52. The maximum atomic E-state index is 14.5. The fraction of sp³-hybridized carbons (Fsp3) is 0.333. The second-order valence-corrected chi connectivity index (χ2v) is 14.0. The molecule has 2 fully saturated rings. The molecule has 3 aliphatic rings. The number of benzene rings is 2. The van der Waals surface area contributed by atoms with E-state index in [-0.39, 0.29) is 78.5 Å². The highest BCUT2D eigenvalue weighted by Crippen LogP contribution is 2.48. The first-order valence-corrected chi connectivity index (χ1v) is 17.3. The van der Waals surface area contributed by atoms with Gasteiger partial charge in [0.2, 0.25) is 11.7 Å². The van der Waals surface area contributed by atoms with Gasteiger partial charge in [-0.25, -0.2) is 4.98 Å². The van der Waals surface area contributed by atoms with Crippen molar-refractivity contribution in [3.8, 4) is 17.1 Å². The molecule has 0 radical (unpaired) electrons. The summed E-state index contributed by atoms with van der Waals surface area (Å²) in [7, 11) is 0. The average Bonchev–Trinajstić information content (AvgIpc) is 3.70. The van der Waals surface area contributed by atoms with Crippen molar-refractivity contribution < 1.29 is 42.4 Å². The van der Waals surface area contributed by atoms with Crippen LogP contribution in [0.5, 0.6) is 5.75 Å². The van der Waals surface area contributed by atoms with Crippen LogP contribution >= 0.6 is 11.6 Å². The zero-order valence-electron chi connectivity index (χ0n) is 28.4. The summed E-state index contributed by atoms with van der Waals surface area (Å²) in [6.07, 6.45) is -3.60. The summed E-state index contributed by atoms with van der Waals surface area (Å²) in [5.41, 5.74) is -2.24. The number of hydrogen-bond acceptors (Lipinski definition) is 10. The van der Waals surface area contributed by atoms with Crippen LogP contribution in [0.3, 0.4) is 0 Å². The summed E-state index contributed by atoms with van der Waals surface area (Å²) < 4.78 is 54.1. The van der Waals surface area contributed by atoms with E-state index < -0.39 is 53.0 Å². The van der Waals surface area contributed by atoms with Crippen molar-refractivity contribution in [1.82, 2.24) is 29.0 Å². The van der Waals surface area contributed by atoms with E-state index in [0.29, 0.717) is 22.9 Å². The van der Waals surface area contributed by atoms with Crippen LogP contribution in [-0.4, -0.2) is 77.4 Å². The molecule has 1 spiro atoms. The number of pyridine rings is 1. The Labute approximate surface area is 308 Å². The minimum Gasteiger partial charge on any atom is -0.505 e. The van der Waals surface area contributed by atoms with E-state index in [9.17, 15) is 37.8 Å². The quantitative estimate of drug-likeness (QED) is 0.225. The third kappa shape index (κ3) is 5.96. The maximum absolute atomic E-state index is 14.5. The Morgan fingerprint density at radius 3 is 2.44 bits per heavy atom. The predicted molar refractivity (Wildman–Crippen MR) is 185 cm³/mol. The van der Waals surface area contributed by atoms with E-state index >= 15 is 0 Å². The number of anilines is 1. The Bertz CT molecular complexity index is 2390. The highest BCUT2D eigenvalue weighted by Gasteiger charge is 2.51. The SMILES string of the molecule is C[C@H]1OC2(CCN(C(=O)c3ncccc3O)CC2)c2c1n(CC(=O)Nc1ccc(C(F)(F)F)cc1Cl)c1nc(-c3ccc(C4(O)COC4)cc3)nn1c2=O. The van der Waals surface area contributed by atoms with Crippen LogP contribution in [0, 0.1) is 0 Å². The van der Waals surface area contributed by atoms with Crippen molar-refractivity contribution in [2.75, 3.05) is 31.6 Å². The number of fused-ring (bicyclic) bond motifs is 3. The van der Waals surface area contributed by atoms with Gasteiger partial charge in [0.05, 0.1) is 46.8 Å². The number of halogens is 4. The van der Waals surface area contributed by atoms with Crippen LogP contribution in [0.15, 0.2) is 65.6 Å². The van der Waals surface area contributed by atoms with Crippen molar-refractivity contribution in [3.05, 3.63) is 104 Å². The van der Waals surface area contributed by atoms with E-state index in [4.69, 9.17) is 21.1 Å². The summed E-state index contributed by atoms with van der Waals surface area (Å²) in [6.45, 7) is 1.88. The van der Waals surface area contributed by atoms with Crippen molar-refractivity contribution in [2.24, 2.45) is 0 Å². The number of amides is 2. The van der Waals surface area contributed by atoms with Gasteiger partial charge in [-0.1, -0.05) is 35.9 Å². The number of carbonyl (C=O) groups is 2. The predicted octanol–water partition coefficient (Wildman–Crippen LogP) is 4.41. The summed E-state index contributed by atoms with van der Waals surface area (Å²) in [6, 6.07) is 12.3. The number of aromatic nitrogens is 5. The normalized spacial score (nSPS) is 18.8. The van der Waals surface area contributed by atoms with Crippen molar-refractivity contribution in [2.45, 2.75) is 49.8 Å². The molecule has 8 rings (SSSR count). The van der Waals surface area contributed by atoms with Crippen molar-refractivity contribution in [3.63, 3.8) is 0 Å². The van der Waals surface area contributed by atoms with E-state index in [0.717, 1.165) is 16.6 Å². The van der Waals surface area contributed by atoms with Gasteiger partial charge in [-0.15, -0.1) is 5.10 Å². The van der Waals surface area contributed by atoms with Gasteiger partial charge >= 0.3 is 6.18 Å². The molecule has 2 amide bonds. The summed E-state index contributed by atoms with van der Waals surface area (Å²) in [5.74, 6) is -1.27. The van der Waals surface area contributed by atoms with Crippen LogP contribution in [0.2, 0.25) is 5.02 Å². The Balaban J connectivity index is 1.18. The smallest absolute Gasteiger partial charge is 0.416 e. The second kappa shape index (κ2) is 12.9. The number of likely N-dealkylation sites (tertiary alicyclic amines) is 1. The largest absolute Gasteiger partial charge is 0.505 e. The van der Waals surface area contributed by atoms with Crippen LogP contribution in [0.1, 0.15) is 58.7 Å². The third-order valence-electron chi connectivity index (χ3n) is 10.1. The third-order valence-corrected chi connectivity index (χ3v) is 10.4. The fourth-order valence-electron chi connectivity index (χ4n) is 7.32. The first-order chi connectivity index (χ1) is 25.7. The zero-order chi connectivity index (χ0) is 38.2. The lowest BCUT2D eigenvalue weighted by Gasteiger charge is -2.39. The lowest BCUT2D eigenvalue weighted by Crippen LogP contribution is -2.47. The Morgan fingerprint density at radius 2 is 1.81 bits per heavy atom. The van der Waals surface area contributed by atoms with Gasteiger partial charge in [-0.05, 0) is 55.7 Å². The summed E-state index contributed by atoms with van der Waals surface area (Å²) in [4.78, 5) is 51.6. The van der Waals surface area contributed by atoms with Gasteiger partial charge in [0, 0.05) is 24.8 Å². The second-order valence-electron chi connectivity index (χ2n) is 13.6. The number of hydrogen-bond donors (Lipinski definition) is 3. The number of alkyl halides is 3. The molecule has 6 heterocycles. The number of piperidine rings is 1. The van der Waals surface area contributed by atoms with Gasteiger partial charge in [0.1, 0.15) is 23.5 Å². The average molecular weight is 766 g/mol. The number of rotatable bonds is 6. The van der Waals surface area contributed by atoms with Crippen LogP contribution in [0.25, 0.3) is 17.2 Å². The molecule has 14 nitrogen and oxygen atoms in total. The van der Waals surface area contributed by atoms with Crippen LogP contribution < -0.4 is 10.9 Å². The Hall–Kier alpha value is -5.36. The molecule has 2 saturated heterocycles. The van der Waals surface area contributed by atoms with Crippen LogP contribution in [0.4, 0.5) is 18.9 Å². The Morgan fingerprint density at radius 1 is 1.09 bits per heavy atom. The number of nitrogens with zero attached hydrogens (tertiary/aromatic N) is 6. The molecule has 0 saturated carbocycles. The number of nitrogens with one attached hydrogen (secondary N) is 1. The van der Waals surface area contributed by atoms with E-state index in [1.165, 1.54) is 27.8 Å². The standard InChI is InChI=1S/C36H31ClF3N7O7/c1-19-29-27(35(54-19)10-13-45(14-11-35)32(51)28-25(48)3-2-12-41-28)31(50)47-33(43-30(44-47)20-4-6-21(7-5-20)34(52)17-53-18-34)46(29)16-26(49)42-24-9-8-22(15-23(24)37)36(38,39)40/h2-9,12,15,19,48,52H,10-11,13-14,16-18H2,1H3,(H,42,49)/t19-/m1/s1. The first kappa shape index (κ1) is 35.7. The van der Waals surface area contributed by atoms with Crippen molar-refractivity contribution >= 4 is 34.9 Å². The van der Waals surface area contributed by atoms with Crippen molar-refractivity contribution in [1.29, 1.82) is 0 Å². The molecule has 280 valence electrons. The van der Waals surface area contributed by atoms with Crippen LogP contribution in [-0.2, 0) is 38.2 Å². The lowest BCUT2D eigenvalue weighted by molar-refractivity contribution is -0.184. The molecule has 54 heavy (non-hydrogen) atoms. The molecule has 3 N–H and O–H groups in total. The minimum atomic E-state index is -4.64. The number of aromatic hydroxyl groups is 1. The van der Waals surface area contributed by atoms with Gasteiger partial charge < -0.3 is 34.5 Å². The lowest BCUT2D eigenvalue weighted by atomic mass is 9.85. The van der Waals surface area contributed by atoms with Gasteiger partial charge in [0.25, 0.3) is 11.5 Å². The first-order valence-electron chi connectivity index (χ1n) is 16.9. The number of ether oxygens (including phenoxy) is 2. The molecular formula is C36H31ClF3N7O7.